The van der Waals surface area contributed by atoms with Crippen molar-refractivity contribution in [3.05, 3.63) is 41.6 Å². The summed E-state index contributed by atoms with van der Waals surface area (Å²) in [5.41, 5.74) is 5.67. The maximum absolute atomic E-state index is 12.8. The third-order valence-electron chi connectivity index (χ3n) is 6.97. The van der Waals surface area contributed by atoms with Crippen molar-refractivity contribution >= 4 is 11.5 Å². The maximum Gasteiger partial charge on any atom is 0.416 e. The number of nitrogens with zero attached hydrogens (tertiary/aromatic N) is 4. The number of halogens is 3. The first-order valence-corrected chi connectivity index (χ1v) is 11.2. The van der Waals surface area contributed by atoms with E-state index in [9.17, 15) is 23.5 Å². The normalized spacial score (nSPS) is 29.2. The summed E-state index contributed by atoms with van der Waals surface area (Å²) in [6.45, 7) is 4.43. The number of aliphatic hydroxyl groups excluding tert-OH is 1. The van der Waals surface area contributed by atoms with E-state index >= 15 is 0 Å². The van der Waals surface area contributed by atoms with Crippen LogP contribution in [0.3, 0.4) is 0 Å². The lowest BCUT2D eigenvalue weighted by Crippen LogP contribution is -2.59. The van der Waals surface area contributed by atoms with Crippen LogP contribution in [0.1, 0.15) is 62.9 Å². The summed E-state index contributed by atoms with van der Waals surface area (Å²) >= 11 is 0. The second-order valence-electron chi connectivity index (χ2n) is 9.21. The third-order valence-corrected chi connectivity index (χ3v) is 6.97. The zero-order valence-corrected chi connectivity index (χ0v) is 18.6. The number of anilines is 2. The van der Waals surface area contributed by atoms with Crippen LogP contribution in [0, 0.1) is 17.2 Å². The number of alkyl halides is 3. The average Bonchev–Trinajstić information content (AvgIpc) is 3.17. The molecule has 4 N–H and O–H groups in total. The van der Waals surface area contributed by atoms with Crippen molar-refractivity contribution in [2.24, 2.45) is 11.7 Å². The lowest BCUT2D eigenvalue weighted by Gasteiger charge is -2.52. The molecule has 0 radical (unpaired) electrons. The van der Waals surface area contributed by atoms with E-state index in [0.717, 1.165) is 31.4 Å². The van der Waals surface area contributed by atoms with Crippen molar-refractivity contribution < 1.29 is 18.3 Å². The molecule has 1 aromatic heterocycles. The number of nitrogens with two attached hydrogens (primary N) is 1. The van der Waals surface area contributed by atoms with Gasteiger partial charge in [-0.3, -0.25) is 9.58 Å². The Balaban J connectivity index is 1.53. The van der Waals surface area contributed by atoms with Crippen molar-refractivity contribution in [1.82, 2.24) is 14.7 Å². The number of aliphatic hydroxyl groups is 1. The van der Waals surface area contributed by atoms with Crippen LogP contribution in [0.5, 0.6) is 0 Å². The second kappa shape index (κ2) is 8.97. The van der Waals surface area contributed by atoms with Gasteiger partial charge < -0.3 is 16.2 Å². The molecule has 1 saturated heterocycles. The minimum atomic E-state index is -4.42. The summed E-state index contributed by atoms with van der Waals surface area (Å²) in [4.78, 5) is 2.50. The highest BCUT2D eigenvalue weighted by Gasteiger charge is 2.42. The first-order chi connectivity index (χ1) is 15.6. The fourth-order valence-electron chi connectivity index (χ4n) is 5.38. The zero-order valence-electron chi connectivity index (χ0n) is 18.6. The van der Waals surface area contributed by atoms with E-state index in [2.05, 4.69) is 35.2 Å². The summed E-state index contributed by atoms with van der Waals surface area (Å²) in [6.07, 6.45) is -0.489. The standard InChI is InChI=1S/C23H29F3N6O/c1-13-9-14(2)32(13)18-7-8-20(15(10-18)11-27)31-12-19(21(28)33)22(30-31)29-17-5-3-16(4-6-17)23(24,25)26/h3-6,12-15,18,20-21,33H,7-10,28H2,1-2H3,(H,29,30)/t13-,14-,15-,18-,20+,21?/m1/s1. The quantitative estimate of drug-likeness (QED) is 0.572. The molecule has 2 aromatic rings. The van der Waals surface area contributed by atoms with Gasteiger partial charge in [-0.1, -0.05) is 0 Å². The van der Waals surface area contributed by atoms with Crippen LogP contribution in [0.2, 0.25) is 0 Å². The molecule has 6 atom stereocenters. The van der Waals surface area contributed by atoms with E-state index in [4.69, 9.17) is 5.73 Å². The van der Waals surface area contributed by atoms with Crippen LogP contribution in [0.4, 0.5) is 24.7 Å². The van der Waals surface area contributed by atoms with Crippen molar-refractivity contribution in [3.8, 4) is 6.07 Å². The van der Waals surface area contributed by atoms with Crippen molar-refractivity contribution in [2.75, 3.05) is 5.32 Å². The fraction of sp³-hybridized carbons (Fsp3) is 0.565. The molecular formula is C23H29F3N6O. The average molecular weight is 463 g/mol. The third kappa shape index (κ3) is 4.71. The molecule has 1 unspecified atom stereocenters. The Hall–Kier alpha value is -2.61. The number of aromatic nitrogens is 2. The van der Waals surface area contributed by atoms with Crippen molar-refractivity contribution in [1.29, 1.82) is 5.26 Å². The number of benzene rings is 1. The highest BCUT2D eigenvalue weighted by atomic mass is 19.4. The first-order valence-electron chi connectivity index (χ1n) is 11.2. The van der Waals surface area contributed by atoms with E-state index in [1.165, 1.54) is 18.6 Å². The molecule has 7 nitrogen and oxygen atoms in total. The smallest absolute Gasteiger partial charge is 0.374 e. The number of hydrogen-bond donors (Lipinski definition) is 3. The van der Waals surface area contributed by atoms with E-state index in [1.54, 1.807) is 10.9 Å². The minimum absolute atomic E-state index is 0.168. The van der Waals surface area contributed by atoms with E-state index in [1.807, 2.05) is 0 Å². The van der Waals surface area contributed by atoms with Gasteiger partial charge in [-0.15, -0.1) is 0 Å². The number of hydrogen-bond acceptors (Lipinski definition) is 6. The van der Waals surface area contributed by atoms with Gasteiger partial charge in [0.2, 0.25) is 0 Å². The SMILES string of the molecule is C[C@@H]1C[C@@H](C)N1[C@@H]1CC[C@H](n2cc(C(N)O)c(Nc3ccc(C(F)(F)F)cc3)n2)[C@@H](C#N)C1. The molecule has 1 aliphatic heterocycles. The van der Waals surface area contributed by atoms with Crippen LogP contribution in [-0.2, 0) is 6.18 Å². The van der Waals surface area contributed by atoms with Gasteiger partial charge in [-0.2, -0.15) is 23.5 Å². The van der Waals surface area contributed by atoms with Crippen LogP contribution >= 0.6 is 0 Å². The van der Waals surface area contributed by atoms with Gasteiger partial charge in [-0.05, 0) is 63.8 Å². The number of rotatable bonds is 5. The molecule has 2 aliphatic rings. The Bertz CT molecular complexity index is 1000. The van der Waals surface area contributed by atoms with Crippen LogP contribution in [0.15, 0.2) is 30.5 Å². The summed E-state index contributed by atoms with van der Waals surface area (Å²) in [5.74, 6) is 0.0129. The predicted octanol–water partition coefficient (Wildman–Crippen LogP) is 4.31. The molecule has 33 heavy (non-hydrogen) atoms. The largest absolute Gasteiger partial charge is 0.416 e. The lowest BCUT2D eigenvalue weighted by molar-refractivity contribution is -0.137. The van der Waals surface area contributed by atoms with Gasteiger partial charge in [-0.25, -0.2) is 0 Å². The van der Waals surface area contributed by atoms with Gasteiger partial charge in [0.1, 0.15) is 6.23 Å². The summed E-state index contributed by atoms with van der Waals surface area (Å²) in [5, 5.41) is 27.4. The molecule has 10 heteroatoms. The first kappa shape index (κ1) is 23.5. The Labute approximate surface area is 191 Å². The van der Waals surface area contributed by atoms with Gasteiger partial charge >= 0.3 is 6.18 Å². The predicted molar refractivity (Wildman–Crippen MR) is 117 cm³/mol. The molecule has 2 fully saturated rings. The number of likely N-dealkylation sites (tertiary alicyclic amines) is 1. The van der Waals surface area contributed by atoms with Crippen LogP contribution in [-0.4, -0.2) is 37.9 Å². The van der Waals surface area contributed by atoms with Gasteiger partial charge in [0, 0.05) is 30.0 Å². The molecule has 1 aromatic carbocycles. The molecule has 178 valence electrons. The summed E-state index contributed by atoms with van der Waals surface area (Å²) < 4.78 is 40.2. The fourth-order valence-corrected chi connectivity index (χ4v) is 5.38. The Morgan fingerprint density at radius 3 is 2.39 bits per heavy atom. The van der Waals surface area contributed by atoms with Gasteiger partial charge in [0.05, 0.1) is 29.2 Å². The monoisotopic (exact) mass is 462 g/mol. The van der Waals surface area contributed by atoms with E-state index < -0.39 is 18.0 Å². The Morgan fingerprint density at radius 1 is 1.18 bits per heavy atom. The van der Waals surface area contributed by atoms with Gasteiger partial charge in [0.15, 0.2) is 5.82 Å². The number of nitriles is 1. The van der Waals surface area contributed by atoms with E-state index in [-0.39, 0.29) is 17.8 Å². The summed E-state index contributed by atoms with van der Waals surface area (Å²) in [6, 6.07) is 8.24. The molecule has 0 amide bonds. The molecule has 1 aliphatic carbocycles. The topological polar surface area (TPSA) is 103 Å². The van der Waals surface area contributed by atoms with E-state index in [0.29, 0.717) is 29.4 Å². The Kier molecular flexibility index (Phi) is 6.40. The van der Waals surface area contributed by atoms with Crippen LogP contribution < -0.4 is 11.1 Å². The molecular weight excluding hydrogens is 433 g/mol. The van der Waals surface area contributed by atoms with Crippen molar-refractivity contribution in [3.63, 3.8) is 0 Å². The highest BCUT2D eigenvalue weighted by Crippen LogP contribution is 2.41. The molecule has 2 heterocycles. The zero-order chi connectivity index (χ0) is 23.9. The maximum atomic E-state index is 12.8. The molecule has 1 saturated carbocycles. The second-order valence-corrected chi connectivity index (χ2v) is 9.21. The molecule has 0 spiro atoms. The minimum Gasteiger partial charge on any atom is -0.374 e. The molecule has 0 bridgehead atoms. The van der Waals surface area contributed by atoms with Crippen LogP contribution in [0.25, 0.3) is 0 Å². The summed E-state index contributed by atoms with van der Waals surface area (Å²) in [7, 11) is 0. The number of nitrogens with one attached hydrogen (secondary N) is 1. The van der Waals surface area contributed by atoms with Gasteiger partial charge in [0.25, 0.3) is 0 Å². The van der Waals surface area contributed by atoms with Crippen molar-refractivity contribution in [2.45, 2.75) is 76.1 Å². The lowest BCUT2D eigenvalue weighted by atomic mass is 9.78. The Morgan fingerprint density at radius 2 is 1.85 bits per heavy atom. The molecule has 4 rings (SSSR count). The highest BCUT2D eigenvalue weighted by molar-refractivity contribution is 5.60.